The summed E-state index contributed by atoms with van der Waals surface area (Å²) >= 11 is 0. The molecule has 0 saturated carbocycles. The molecule has 3 rings (SSSR count). The number of likely N-dealkylation sites (N-methyl/N-ethyl adjacent to an activating group) is 1. The Kier molecular flexibility index (Phi) is 3.47. The lowest BCUT2D eigenvalue weighted by atomic mass is 10.1. The number of nitrogen functional groups attached to an aromatic ring is 1. The third-order valence-electron chi connectivity index (χ3n) is 3.90. The van der Waals surface area contributed by atoms with E-state index < -0.39 is 5.82 Å². The van der Waals surface area contributed by atoms with Crippen LogP contribution in [-0.4, -0.2) is 53.9 Å². The van der Waals surface area contributed by atoms with Gasteiger partial charge in [-0.3, -0.25) is 9.78 Å². The highest BCUT2D eigenvalue weighted by Gasteiger charge is 2.24. The summed E-state index contributed by atoms with van der Waals surface area (Å²) in [5.74, 6) is -0.583. The van der Waals surface area contributed by atoms with Crippen molar-refractivity contribution in [3.05, 3.63) is 35.9 Å². The Labute approximate surface area is 122 Å². The van der Waals surface area contributed by atoms with E-state index in [2.05, 4.69) is 9.88 Å². The van der Waals surface area contributed by atoms with Gasteiger partial charge >= 0.3 is 0 Å². The number of carbonyl (C=O) groups is 1. The maximum Gasteiger partial charge on any atom is 0.273 e. The molecule has 2 heterocycles. The van der Waals surface area contributed by atoms with Crippen molar-refractivity contribution in [2.24, 2.45) is 0 Å². The number of amides is 1. The average Bonchev–Trinajstić information content (AvgIpc) is 2.50. The summed E-state index contributed by atoms with van der Waals surface area (Å²) in [5, 5.41) is 0.740. The van der Waals surface area contributed by atoms with Crippen LogP contribution in [0.4, 0.5) is 10.1 Å². The normalized spacial score (nSPS) is 16.4. The second-order valence-corrected chi connectivity index (χ2v) is 5.31. The number of nitrogens with zero attached hydrogens (tertiary/aromatic N) is 3. The summed E-state index contributed by atoms with van der Waals surface area (Å²) in [6.45, 7) is 2.92. The maximum absolute atomic E-state index is 13.9. The van der Waals surface area contributed by atoms with E-state index in [0.29, 0.717) is 29.5 Å². The number of piperazine rings is 1. The molecule has 0 unspecified atom stereocenters. The molecular weight excluding hydrogens is 271 g/mol. The van der Waals surface area contributed by atoms with Gasteiger partial charge in [-0.25, -0.2) is 4.39 Å². The quantitative estimate of drug-likeness (QED) is 0.805. The predicted octanol–water partition coefficient (Wildman–Crippen LogP) is 1.34. The highest BCUT2D eigenvalue weighted by atomic mass is 19.1. The topological polar surface area (TPSA) is 62.5 Å². The summed E-state index contributed by atoms with van der Waals surface area (Å²) in [7, 11) is 2.02. The minimum absolute atomic E-state index is 0.189. The Morgan fingerprint density at radius 2 is 1.95 bits per heavy atom. The van der Waals surface area contributed by atoms with Crippen molar-refractivity contribution in [1.29, 1.82) is 0 Å². The van der Waals surface area contributed by atoms with Crippen molar-refractivity contribution in [2.45, 2.75) is 0 Å². The largest absolute Gasteiger partial charge is 0.398 e. The standard InChI is InChI=1S/C15H17FN4O/c1-19-6-8-20(9-7-19)15(21)14-13-10(4-5-18-14)11(16)2-3-12(13)17/h2-5H,6-9,17H2,1H3. The van der Waals surface area contributed by atoms with E-state index in [1.165, 1.54) is 18.3 Å². The van der Waals surface area contributed by atoms with Crippen LogP contribution in [0.3, 0.4) is 0 Å². The van der Waals surface area contributed by atoms with E-state index in [-0.39, 0.29) is 11.6 Å². The Balaban J connectivity index is 2.04. The van der Waals surface area contributed by atoms with E-state index in [1.54, 1.807) is 11.0 Å². The van der Waals surface area contributed by atoms with Crippen molar-refractivity contribution in [1.82, 2.24) is 14.8 Å². The highest BCUT2D eigenvalue weighted by molar-refractivity contribution is 6.09. The molecule has 0 radical (unpaired) electrons. The summed E-state index contributed by atoms with van der Waals surface area (Å²) in [6, 6.07) is 4.32. The molecule has 1 aromatic carbocycles. The number of pyridine rings is 1. The Morgan fingerprint density at radius 1 is 1.24 bits per heavy atom. The molecule has 0 spiro atoms. The van der Waals surface area contributed by atoms with Gasteiger partial charge in [0, 0.05) is 48.8 Å². The lowest BCUT2D eigenvalue weighted by molar-refractivity contribution is 0.0660. The Bertz CT molecular complexity index is 695. The van der Waals surface area contributed by atoms with Crippen molar-refractivity contribution in [3.8, 4) is 0 Å². The fraction of sp³-hybridized carbons (Fsp3) is 0.333. The zero-order chi connectivity index (χ0) is 15.0. The van der Waals surface area contributed by atoms with Gasteiger partial charge in [-0.2, -0.15) is 0 Å². The van der Waals surface area contributed by atoms with E-state index in [1.807, 2.05) is 7.05 Å². The number of carbonyl (C=O) groups excluding carboxylic acids is 1. The van der Waals surface area contributed by atoms with Crippen molar-refractivity contribution in [2.75, 3.05) is 39.0 Å². The second kappa shape index (κ2) is 5.29. The number of rotatable bonds is 1. The number of aromatic nitrogens is 1. The van der Waals surface area contributed by atoms with Crippen LogP contribution in [0.1, 0.15) is 10.5 Å². The molecule has 21 heavy (non-hydrogen) atoms. The summed E-state index contributed by atoms with van der Waals surface area (Å²) < 4.78 is 13.9. The zero-order valence-electron chi connectivity index (χ0n) is 11.8. The fourth-order valence-corrected chi connectivity index (χ4v) is 2.61. The maximum atomic E-state index is 13.9. The number of benzene rings is 1. The number of hydrogen-bond acceptors (Lipinski definition) is 4. The van der Waals surface area contributed by atoms with Gasteiger partial charge in [0.1, 0.15) is 11.5 Å². The molecule has 1 aliphatic rings. The number of anilines is 1. The highest BCUT2D eigenvalue weighted by Crippen LogP contribution is 2.27. The van der Waals surface area contributed by atoms with Gasteiger partial charge in [0.2, 0.25) is 0 Å². The summed E-state index contributed by atoms with van der Waals surface area (Å²) in [6.07, 6.45) is 1.45. The van der Waals surface area contributed by atoms with Gasteiger partial charge in [-0.1, -0.05) is 0 Å². The molecule has 6 heteroatoms. The molecule has 1 fully saturated rings. The lowest BCUT2D eigenvalue weighted by Gasteiger charge is -2.32. The van der Waals surface area contributed by atoms with Crippen molar-refractivity contribution < 1.29 is 9.18 Å². The zero-order valence-corrected chi connectivity index (χ0v) is 11.8. The van der Waals surface area contributed by atoms with Gasteiger partial charge in [0.15, 0.2) is 0 Å². The number of fused-ring (bicyclic) bond motifs is 1. The molecule has 1 saturated heterocycles. The minimum Gasteiger partial charge on any atom is -0.398 e. The van der Waals surface area contributed by atoms with E-state index in [0.717, 1.165) is 13.1 Å². The molecule has 2 N–H and O–H groups in total. The molecule has 110 valence electrons. The van der Waals surface area contributed by atoms with Gasteiger partial charge in [-0.05, 0) is 25.2 Å². The van der Waals surface area contributed by atoms with Crippen LogP contribution in [0.2, 0.25) is 0 Å². The van der Waals surface area contributed by atoms with Crippen molar-refractivity contribution in [3.63, 3.8) is 0 Å². The molecule has 5 nitrogen and oxygen atoms in total. The molecule has 2 aromatic rings. The number of halogens is 1. The molecule has 1 amide bonds. The van der Waals surface area contributed by atoms with E-state index >= 15 is 0 Å². The predicted molar refractivity (Wildman–Crippen MR) is 79.5 cm³/mol. The van der Waals surface area contributed by atoms with Crippen LogP contribution in [0.25, 0.3) is 10.8 Å². The van der Waals surface area contributed by atoms with Crippen molar-refractivity contribution >= 4 is 22.4 Å². The van der Waals surface area contributed by atoms with Gasteiger partial charge < -0.3 is 15.5 Å². The Hall–Kier alpha value is -2.21. The molecular formula is C15H17FN4O. The third kappa shape index (κ3) is 2.42. The molecule has 0 aliphatic carbocycles. The fourth-order valence-electron chi connectivity index (χ4n) is 2.61. The average molecular weight is 288 g/mol. The molecule has 1 aromatic heterocycles. The van der Waals surface area contributed by atoms with Crippen LogP contribution < -0.4 is 5.73 Å². The number of nitrogens with two attached hydrogens (primary N) is 1. The smallest absolute Gasteiger partial charge is 0.273 e. The first-order valence-corrected chi connectivity index (χ1v) is 6.88. The summed E-state index contributed by atoms with van der Waals surface area (Å²) in [5.41, 5.74) is 6.53. The first kappa shape index (κ1) is 13.8. The SMILES string of the molecule is CN1CCN(C(=O)c2nccc3c(F)ccc(N)c23)CC1. The third-order valence-corrected chi connectivity index (χ3v) is 3.90. The van der Waals surface area contributed by atoms with Crippen LogP contribution in [0, 0.1) is 5.82 Å². The molecule has 1 aliphatic heterocycles. The number of hydrogen-bond donors (Lipinski definition) is 1. The first-order chi connectivity index (χ1) is 10.1. The molecule has 0 bridgehead atoms. The summed E-state index contributed by atoms with van der Waals surface area (Å²) in [4.78, 5) is 20.7. The van der Waals surface area contributed by atoms with Crippen LogP contribution >= 0.6 is 0 Å². The lowest BCUT2D eigenvalue weighted by Crippen LogP contribution is -2.47. The van der Waals surface area contributed by atoms with Crippen LogP contribution in [-0.2, 0) is 0 Å². The van der Waals surface area contributed by atoms with Crippen LogP contribution in [0.15, 0.2) is 24.4 Å². The first-order valence-electron chi connectivity index (χ1n) is 6.88. The van der Waals surface area contributed by atoms with Gasteiger partial charge in [-0.15, -0.1) is 0 Å². The van der Waals surface area contributed by atoms with E-state index in [4.69, 9.17) is 5.73 Å². The van der Waals surface area contributed by atoms with Gasteiger partial charge in [0.05, 0.1) is 0 Å². The molecule has 0 atom stereocenters. The monoisotopic (exact) mass is 288 g/mol. The Morgan fingerprint density at radius 3 is 2.67 bits per heavy atom. The van der Waals surface area contributed by atoms with Crippen LogP contribution in [0.5, 0.6) is 0 Å². The second-order valence-electron chi connectivity index (χ2n) is 5.31. The minimum atomic E-state index is -0.394. The van der Waals surface area contributed by atoms with Gasteiger partial charge in [0.25, 0.3) is 5.91 Å². The van der Waals surface area contributed by atoms with E-state index in [9.17, 15) is 9.18 Å².